The number of Topliss-reactive ketones (excluding diaryl/α,β-unsaturated/α-hetero) is 1. The van der Waals surface area contributed by atoms with Gasteiger partial charge in [0.2, 0.25) is 11.7 Å². The normalized spacial score (nSPS) is 26.1. The minimum atomic E-state index is -1.30. The molecule has 2 amide bonds. The third kappa shape index (κ3) is 4.46. The van der Waals surface area contributed by atoms with Crippen molar-refractivity contribution in [2.45, 2.75) is 58.3 Å². The van der Waals surface area contributed by atoms with E-state index in [0.29, 0.717) is 50.3 Å². The molecule has 3 unspecified atom stereocenters. The Balaban J connectivity index is 1.40. The molecule has 2 aromatic rings. The van der Waals surface area contributed by atoms with Gasteiger partial charge in [-0.1, -0.05) is 75.4 Å². The summed E-state index contributed by atoms with van der Waals surface area (Å²) in [5.41, 5.74) is -0.442. The highest BCUT2D eigenvalue weighted by Crippen LogP contribution is 2.57. The summed E-state index contributed by atoms with van der Waals surface area (Å²) in [6, 6.07) is 16.6. The lowest BCUT2D eigenvalue weighted by molar-refractivity contribution is -0.123. The minimum absolute atomic E-state index is 0.188. The summed E-state index contributed by atoms with van der Waals surface area (Å²) in [4.78, 5) is 41.7. The SMILES string of the molecule is CC(C)(C)C(=O)Nc1ccccc1C(=O)C12CCC3(CCOCc4ccccc4)C=CCN(C(=O)O1)C32. The summed E-state index contributed by atoms with van der Waals surface area (Å²) in [6.07, 6.45) is 5.49. The number of nitrogens with zero attached hydrogens (tertiary/aromatic N) is 1. The second-order valence-electron chi connectivity index (χ2n) is 11.3. The van der Waals surface area contributed by atoms with Crippen molar-refractivity contribution in [2.24, 2.45) is 10.8 Å². The maximum absolute atomic E-state index is 14.2. The lowest BCUT2D eigenvalue weighted by Gasteiger charge is -2.41. The van der Waals surface area contributed by atoms with E-state index >= 15 is 0 Å². The summed E-state index contributed by atoms with van der Waals surface area (Å²) >= 11 is 0. The quantitative estimate of drug-likeness (QED) is 0.298. The van der Waals surface area contributed by atoms with E-state index in [1.54, 1.807) is 29.2 Å². The molecule has 0 aromatic heterocycles. The van der Waals surface area contributed by atoms with Gasteiger partial charge in [-0.15, -0.1) is 0 Å². The van der Waals surface area contributed by atoms with Gasteiger partial charge in [0, 0.05) is 29.5 Å². The van der Waals surface area contributed by atoms with Crippen LogP contribution in [0.1, 0.15) is 56.0 Å². The molecule has 0 spiro atoms. The van der Waals surface area contributed by atoms with E-state index in [4.69, 9.17) is 9.47 Å². The fourth-order valence-electron chi connectivity index (χ4n) is 5.88. The topological polar surface area (TPSA) is 84.9 Å². The highest BCUT2D eigenvalue weighted by atomic mass is 16.6. The van der Waals surface area contributed by atoms with Crippen LogP contribution in [0.2, 0.25) is 0 Å². The van der Waals surface area contributed by atoms with E-state index in [-0.39, 0.29) is 11.7 Å². The summed E-state index contributed by atoms with van der Waals surface area (Å²) in [6.45, 7) is 6.88. The molecule has 2 fully saturated rings. The maximum Gasteiger partial charge on any atom is 0.411 e. The fraction of sp³-hybridized carbons (Fsp3) is 0.433. The van der Waals surface area contributed by atoms with Crippen molar-refractivity contribution < 1.29 is 23.9 Å². The van der Waals surface area contributed by atoms with Gasteiger partial charge >= 0.3 is 6.09 Å². The Bertz CT molecular complexity index is 1230. The van der Waals surface area contributed by atoms with Gasteiger partial charge in [0.15, 0.2) is 5.60 Å². The number of benzene rings is 2. The smallest absolute Gasteiger partial charge is 0.411 e. The van der Waals surface area contributed by atoms with E-state index in [1.165, 1.54) is 0 Å². The highest BCUT2D eigenvalue weighted by molar-refractivity contribution is 6.11. The molecule has 0 bridgehead atoms. The average Bonchev–Trinajstić information content (AvgIpc) is 3.38. The standard InChI is InChI=1S/C30H34N2O5/c1-28(2,3)26(34)31-23-13-8-7-12-22(23)24(33)30-16-15-29(14-9-18-32(25(29)30)27(35)37-30)17-19-36-20-21-10-5-4-6-11-21/h4-14,25H,15-20H2,1-3H3,(H,31,34). The van der Waals surface area contributed by atoms with Crippen LogP contribution in [0.15, 0.2) is 66.7 Å². The number of hydrogen-bond donors (Lipinski definition) is 1. The third-order valence-corrected chi connectivity index (χ3v) is 7.82. The first-order valence-electron chi connectivity index (χ1n) is 12.9. The zero-order valence-corrected chi connectivity index (χ0v) is 21.7. The first-order valence-corrected chi connectivity index (χ1v) is 12.9. The summed E-state index contributed by atoms with van der Waals surface area (Å²) in [5, 5.41) is 2.91. The Kier molecular flexibility index (Phi) is 6.44. The first kappa shape index (κ1) is 25.2. The van der Waals surface area contributed by atoms with E-state index < -0.39 is 28.6 Å². The molecule has 2 aromatic carbocycles. The van der Waals surface area contributed by atoms with E-state index in [1.807, 2.05) is 57.2 Å². The Morgan fingerprint density at radius 3 is 2.57 bits per heavy atom. The monoisotopic (exact) mass is 502 g/mol. The molecule has 194 valence electrons. The van der Waals surface area contributed by atoms with Gasteiger partial charge in [-0.25, -0.2) is 4.79 Å². The second-order valence-corrected chi connectivity index (χ2v) is 11.3. The Labute approximate surface area is 217 Å². The largest absolute Gasteiger partial charge is 0.432 e. The van der Waals surface area contributed by atoms with Crippen LogP contribution < -0.4 is 5.32 Å². The predicted octanol–water partition coefficient (Wildman–Crippen LogP) is 5.37. The second kappa shape index (κ2) is 9.45. The number of ether oxygens (including phenoxy) is 2. The highest BCUT2D eigenvalue weighted by Gasteiger charge is 2.70. The third-order valence-electron chi connectivity index (χ3n) is 7.82. The Morgan fingerprint density at radius 1 is 1.08 bits per heavy atom. The number of rotatable bonds is 8. The number of ketones is 1. The van der Waals surface area contributed by atoms with Crippen LogP contribution in [-0.2, 0) is 20.9 Å². The molecule has 2 heterocycles. The molecule has 1 N–H and O–H groups in total. The van der Waals surface area contributed by atoms with Gasteiger partial charge in [-0.3, -0.25) is 14.5 Å². The van der Waals surface area contributed by atoms with Gasteiger partial charge in [-0.2, -0.15) is 0 Å². The molecule has 1 aliphatic carbocycles. The van der Waals surface area contributed by atoms with Crippen LogP contribution in [0, 0.1) is 10.8 Å². The van der Waals surface area contributed by atoms with Crippen LogP contribution in [0.3, 0.4) is 0 Å². The van der Waals surface area contributed by atoms with Gasteiger partial charge in [0.25, 0.3) is 0 Å². The number of nitrogens with one attached hydrogen (secondary N) is 1. The molecule has 0 radical (unpaired) electrons. The van der Waals surface area contributed by atoms with Gasteiger partial charge in [0.05, 0.1) is 18.3 Å². The molecule has 37 heavy (non-hydrogen) atoms. The molecule has 3 atom stereocenters. The molecular weight excluding hydrogens is 468 g/mol. The minimum Gasteiger partial charge on any atom is -0.432 e. The van der Waals surface area contributed by atoms with Crippen molar-refractivity contribution in [1.29, 1.82) is 0 Å². The fourth-order valence-corrected chi connectivity index (χ4v) is 5.88. The molecule has 5 rings (SSSR count). The van der Waals surface area contributed by atoms with Crippen molar-refractivity contribution in [2.75, 3.05) is 18.5 Å². The summed E-state index contributed by atoms with van der Waals surface area (Å²) < 4.78 is 12.0. The van der Waals surface area contributed by atoms with E-state index in [9.17, 15) is 14.4 Å². The van der Waals surface area contributed by atoms with Crippen LogP contribution in [0.4, 0.5) is 10.5 Å². The lowest BCUT2D eigenvalue weighted by Crippen LogP contribution is -2.55. The zero-order valence-electron chi connectivity index (χ0n) is 21.7. The maximum atomic E-state index is 14.2. The van der Waals surface area contributed by atoms with Crippen molar-refractivity contribution in [3.8, 4) is 0 Å². The number of carbonyl (C=O) groups excluding carboxylic acids is 3. The molecule has 3 aliphatic rings. The molecule has 7 nitrogen and oxygen atoms in total. The van der Waals surface area contributed by atoms with Crippen molar-refractivity contribution in [1.82, 2.24) is 4.90 Å². The van der Waals surface area contributed by atoms with Crippen LogP contribution in [-0.4, -0.2) is 47.5 Å². The summed E-state index contributed by atoms with van der Waals surface area (Å²) in [7, 11) is 0. The molecule has 2 aliphatic heterocycles. The van der Waals surface area contributed by atoms with Crippen molar-refractivity contribution >= 4 is 23.5 Å². The van der Waals surface area contributed by atoms with E-state index in [0.717, 1.165) is 5.56 Å². The van der Waals surface area contributed by atoms with Crippen molar-refractivity contribution in [3.63, 3.8) is 0 Å². The number of anilines is 1. The molecular formula is C30H34N2O5. The number of amides is 2. The van der Waals surface area contributed by atoms with Crippen LogP contribution >= 0.6 is 0 Å². The van der Waals surface area contributed by atoms with Gasteiger partial charge < -0.3 is 14.8 Å². The van der Waals surface area contributed by atoms with Crippen molar-refractivity contribution in [3.05, 3.63) is 77.9 Å². The Morgan fingerprint density at radius 2 is 1.81 bits per heavy atom. The summed E-state index contributed by atoms with van der Waals surface area (Å²) in [5.74, 6) is -0.451. The first-order chi connectivity index (χ1) is 17.7. The number of carbonyl (C=O) groups is 3. The van der Waals surface area contributed by atoms with Gasteiger partial charge in [0.1, 0.15) is 0 Å². The Hall–Kier alpha value is -3.45. The molecule has 7 heteroatoms. The molecule has 1 saturated heterocycles. The average molecular weight is 503 g/mol. The van der Waals surface area contributed by atoms with E-state index in [2.05, 4.69) is 11.4 Å². The van der Waals surface area contributed by atoms with Crippen LogP contribution in [0.5, 0.6) is 0 Å². The molecule has 1 saturated carbocycles. The predicted molar refractivity (Wildman–Crippen MR) is 140 cm³/mol. The number of hydrogen-bond acceptors (Lipinski definition) is 5. The van der Waals surface area contributed by atoms with Gasteiger partial charge in [-0.05, 0) is 37.0 Å². The zero-order chi connectivity index (χ0) is 26.3. The lowest BCUT2D eigenvalue weighted by atomic mass is 9.73. The van der Waals surface area contributed by atoms with Crippen LogP contribution in [0.25, 0.3) is 0 Å². The number of para-hydroxylation sites is 1.